The van der Waals surface area contributed by atoms with Gasteiger partial charge in [0.05, 0.1) is 10.0 Å². The van der Waals surface area contributed by atoms with Crippen LogP contribution in [0.15, 0.2) is 50.2 Å². The molecular weight excluding hydrogens is 475 g/mol. The number of amides is 1. The minimum absolute atomic E-state index is 0.0123. The molecule has 3 aromatic rings. The van der Waals surface area contributed by atoms with Crippen molar-refractivity contribution >= 4 is 55.1 Å². The van der Waals surface area contributed by atoms with Gasteiger partial charge in [-0.25, -0.2) is 9.02 Å². The van der Waals surface area contributed by atoms with E-state index in [2.05, 4.69) is 62.4 Å². The van der Waals surface area contributed by atoms with Crippen molar-refractivity contribution in [3.05, 3.63) is 62.7 Å². The highest BCUT2D eigenvalue weighted by Crippen LogP contribution is 2.21. The Morgan fingerprint density at radius 1 is 1.15 bits per heavy atom. The van der Waals surface area contributed by atoms with E-state index >= 15 is 0 Å². The Kier molecular flexibility index (Phi) is 5.38. The molecule has 0 atom stereocenters. The molecule has 0 saturated carbocycles. The van der Waals surface area contributed by atoms with Crippen molar-refractivity contribution in [2.24, 2.45) is 0 Å². The second kappa shape index (κ2) is 7.70. The van der Waals surface area contributed by atoms with Crippen molar-refractivity contribution < 1.29 is 13.8 Å². The molecule has 0 bridgehead atoms. The van der Waals surface area contributed by atoms with Gasteiger partial charge in [0.1, 0.15) is 5.82 Å². The third-order valence-electron chi connectivity index (χ3n) is 3.11. The van der Waals surface area contributed by atoms with E-state index in [0.717, 1.165) is 0 Å². The first kappa shape index (κ1) is 18.1. The van der Waals surface area contributed by atoms with Crippen LogP contribution in [-0.4, -0.2) is 27.0 Å². The van der Waals surface area contributed by atoms with Gasteiger partial charge in [-0.3, -0.25) is 15.2 Å². The lowest BCUT2D eigenvalue weighted by Gasteiger charge is -2.08. The number of rotatable bonds is 4. The highest BCUT2D eigenvalue weighted by atomic mass is 79.9. The SMILES string of the molecule is N=C(Nc1ccc(F)c(Br)c1)c1nonc1NC(=O)c1cncc(Br)c1. The number of hydrogen-bond donors (Lipinski definition) is 3. The Morgan fingerprint density at radius 3 is 2.69 bits per heavy atom. The van der Waals surface area contributed by atoms with Crippen molar-refractivity contribution in [2.75, 3.05) is 10.6 Å². The quantitative estimate of drug-likeness (QED) is 0.383. The van der Waals surface area contributed by atoms with Crippen LogP contribution >= 0.6 is 31.9 Å². The summed E-state index contributed by atoms with van der Waals surface area (Å²) in [5, 5.41) is 20.5. The minimum Gasteiger partial charge on any atom is -0.339 e. The molecule has 0 aliphatic rings. The lowest BCUT2D eigenvalue weighted by atomic mass is 10.2. The second-order valence-electron chi connectivity index (χ2n) is 4.94. The van der Waals surface area contributed by atoms with E-state index in [1.54, 1.807) is 12.3 Å². The smallest absolute Gasteiger partial charge is 0.258 e. The van der Waals surface area contributed by atoms with Gasteiger partial charge >= 0.3 is 0 Å². The third-order valence-corrected chi connectivity index (χ3v) is 4.15. The number of amidine groups is 1. The number of anilines is 2. The molecule has 0 aliphatic carbocycles. The fraction of sp³-hybridized carbons (Fsp3) is 0. The van der Waals surface area contributed by atoms with Crippen LogP contribution < -0.4 is 10.6 Å². The summed E-state index contributed by atoms with van der Waals surface area (Å²) in [5.41, 5.74) is 0.719. The van der Waals surface area contributed by atoms with Crippen LogP contribution in [0.3, 0.4) is 0 Å². The molecule has 0 unspecified atom stereocenters. The highest BCUT2D eigenvalue weighted by Gasteiger charge is 2.19. The number of carbonyl (C=O) groups is 1. The van der Waals surface area contributed by atoms with Gasteiger partial charge in [-0.15, -0.1) is 0 Å². The van der Waals surface area contributed by atoms with E-state index in [-0.39, 0.29) is 27.4 Å². The van der Waals surface area contributed by atoms with Crippen molar-refractivity contribution in [3.8, 4) is 0 Å². The maximum Gasteiger partial charge on any atom is 0.258 e. The molecule has 8 nitrogen and oxygen atoms in total. The molecule has 3 rings (SSSR count). The van der Waals surface area contributed by atoms with Gasteiger partial charge in [0.2, 0.25) is 5.82 Å². The summed E-state index contributed by atoms with van der Waals surface area (Å²) >= 11 is 6.30. The van der Waals surface area contributed by atoms with Gasteiger partial charge < -0.3 is 10.6 Å². The van der Waals surface area contributed by atoms with Crippen LogP contribution in [0.5, 0.6) is 0 Å². The van der Waals surface area contributed by atoms with E-state index < -0.39 is 11.7 Å². The molecule has 0 radical (unpaired) electrons. The van der Waals surface area contributed by atoms with Crippen molar-refractivity contribution in [1.29, 1.82) is 5.41 Å². The summed E-state index contributed by atoms with van der Waals surface area (Å²) in [5.74, 6) is -1.14. The maximum atomic E-state index is 13.3. The Hall–Kier alpha value is -2.66. The van der Waals surface area contributed by atoms with Crippen LogP contribution in [0.2, 0.25) is 0 Å². The van der Waals surface area contributed by atoms with E-state index in [1.807, 2.05) is 0 Å². The van der Waals surface area contributed by atoms with E-state index in [0.29, 0.717) is 10.2 Å². The monoisotopic (exact) mass is 482 g/mol. The van der Waals surface area contributed by atoms with Crippen LogP contribution in [-0.2, 0) is 0 Å². The normalized spacial score (nSPS) is 10.4. The zero-order valence-electron chi connectivity index (χ0n) is 12.8. The standard InChI is InChI=1S/C15H9Br2FN6O2/c16-8-3-7(5-20-6-8)15(25)22-14-12(23-26-24-14)13(19)21-9-1-2-11(18)10(17)4-9/h1-6H,(H2,19,21)(H,22,24,25). The number of carbonyl (C=O) groups excluding carboxylic acids is 1. The van der Waals surface area contributed by atoms with Crippen LogP contribution in [0.4, 0.5) is 15.9 Å². The zero-order valence-corrected chi connectivity index (χ0v) is 15.9. The van der Waals surface area contributed by atoms with Gasteiger partial charge in [0.25, 0.3) is 5.91 Å². The lowest BCUT2D eigenvalue weighted by molar-refractivity contribution is 0.102. The van der Waals surface area contributed by atoms with E-state index in [4.69, 9.17) is 5.41 Å². The van der Waals surface area contributed by atoms with Gasteiger partial charge in [-0.2, -0.15) is 0 Å². The number of aromatic nitrogens is 3. The molecule has 0 saturated heterocycles. The van der Waals surface area contributed by atoms with Gasteiger partial charge in [0.15, 0.2) is 11.5 Å². The Bertz CT molecular complexity index is 994. The summed E-state index contributed by atoms with van der Waals surface area (Å²) in [6.45, 7) is 0. The molecule has 2 heterocycles. The molecule has 1 amide bonds. The Morgan fingerprint density at radius 2 is 1.96 bits per heavy atom. The maximum absolute atomic E-state index is 13.3. The van der Waals surface area contributed by atoms with Crippen LogP contribution in [0.1, 0.15) is 16.1 Å². The Labute approximate surface area is 162 Å². The van der Waals surface area contributed by atoms with Gasteiger partial charge in [-0.05, 0) is 66.4 Å². The summed E-state index contributed by atoms with van der Waals surface area (Å²) < 4.78 is 18.8. The highest BCUT2D eigenvalue weighted by molar-refractivity contribution is 9.10. The predicted octanol–water partition coefficient (Wildman–Crippen LogP) is 3.82. The number of benzene rings is 1. The van der Waals surface area contributed by atoms with Gasteiger partial charge in [-0.1, -0.05) is 0 Å². The van der Waals surface area contributed by atoms with Crippen molar-refractivity contribution in [2.45, 2.75) is 0 Å². The first-order valence-electron chi connectivity index (χ1n) is 6.99. The fourth-order valence-corrected chi connectivity index (χ4v) is 2.67. The Balaban J connectivity index is 1.76. The minimum atomic E-state index is -0.493. The largest absolute Gasteiger partial charge is 0.339 e. The molecule has 11 heteroatoms. The van der Waals surface area contributed by atoms with E-state index in [1.165, 1.54) is 24.4 Å². The number of pyridine rings is 1. The molecular formula is C15H9Br2FN6O2. The molecule has 3 N–H and O–H groups in total. The molecule has 1 aromatic carbocycles. The summed E-state index contributed by atoms with van der Waals surface area (Å²) in [4.78, 5) is 16.2. The number of nitrogens with one attached hydrogen (secondary N) is 3. The molecule has 2 aromatic heterocycles. The number of nitrogens with zero attached hydrogens (tertiary/aromatic N) is 3. The topological polar surface area (TPSA) is 117 Å². The van der Waals surface area contributed by atoms with Crippen LogP contribution in [0, 0.1) is 11.2 Å². The second-order valence-corrected chi connectivity index (χ2v) is 6.71. The third kappa shape index (κ3) is 4.11. The summed E-state index contributed by atoms with van der Waals surface area (Å²) in [6.07, 6.45) is 2.92. The van der Waals surface area contributed by atoms with E-state index in [9.17, 15) is 9.18 Å². The molecule has 0 fully saturated rings. The first-order chi connectivity index (χ1) is 12.4. The number of halogens is 3. The first-order valence-corrected chi connectivity index (χ1v) is 8.58. The van der Waals surface area contributed by atoms with Crippen molar-refractivity contribution in [1.82, 2.24) is 15.3 Å². The lowest BCUT2D eigenvalue weighted by Crippen LogP contribution is -2.18. The zero-order chi connectivity index (χ0) is 18.7. The average Bonchev–Trinajstić information content (AvgIpc) is 3.06. The molecule has 0 spiro atoms. The number of hydrogen-bond acceptors (Lipinski definition) is 6. The summed E-state index contributed by atoms with van der Waals surface area (Å²) in [6, 6.07) is 5.73. The van der Waals surface area contributed by atoms with Crippen molar-refractivity contribution in [3.63, 3.8) is 0 Å². The predicted molar refractivity (Wildman–Crippen MR) is 98.7 cm³/mol. The van der Waals surface area contributed by atoms with Crippen LogP contribution in [0.25, 0.3) is 0 Å². The molecule has 132 valence electrons. The van der Waals surface area contributed by atoms with Gasteiger partial charge in [0, 0.05) is 22.6 Å². The molecule has 0 aliphatic heterocycles. The average molecular weight is 484 g/mol. The molecule has 26 heavy (non-hydrogen) atoms. The fourth-order valence-electron chi connectivity index (χ4n) is 1.93. The summed E-state index contributed by atoms with van der Waals surface area (Å²) in [7, 11) is 0.